The third kappa shape index (κ3) is 4.70. The van der Waals surface area contributed by atoms with E-state index >= 15 is 4.79 Å². The van der Waals surface area contributed by atoms with Gasteiger partial charge in [-0.1, -0.05) is 106 Å². The van der Waals surface area contributed by atoms with Gasteiger partial charge >= 0.3 is 0 Å². The maximum Gasteiger partial charge on any atom is 0.246 e. The average molecular weight is 752 g/mol. The van der Waals surface area contributed by atoms with E-state index in [9.17, 15) is 19.5 Å². The van der Waals surface area contributed by atoms with Crippen molar-refractivity contribution in [1.82, 2.24) is 4.90 Å². The Balaban J connectivity index is 1.36. The molecule has 0 aromatic heterocycles. The quantitative estimate of drug-likeness (QED) is 0.166. The Kier molecular flexibility index (Phi) is 7.95. The summed E-state index contributed by atoms with van der Waals surface area (Å²) in [6.07, 6.45) is 2.41. The number of phenols is 1. The predicted octanol–water partition coefficient (Wildman–Crippen LogP) is 7.18. The van der Waals surface area contributed by atoms with Gasteiger partial charge in [-0.2, -0.15) is 0 Å². The summed E-state index contributed by atoms with van der Waals surface area (Å²) in [7, 11) is 1.45. The van der Waals surface area contributed by atoms with Crippen LogP contribution in [0.5, 0.6) is 11.5 Å². The molecule has 2 saturated heterocycles. The number of carbonyl (C=O) groups is 4. The minimum Gasteiger partial charge on any atom is -0.504 e. The van der Waals surface area contributed by atoms with E-state index in [0.29, 0.717) is 26.3 Å². The highest BCUT2D eigenvalue weighted by atomic mass is 79.9. The first-order valence-corrected chi connectivity index (χ1v) is 17.7. The molecular formula is C40H32BrClN2O6. The van der Waals surface area contributed by atoms with Crippen LogP contribution in [0.4, 0.5) is 5.69 Å². The number of amides is 4. The van der Waals surface area contributed by atoms with Crippen LogP contribution in [-0.4, -0.2) is 40.7 Å². The van der Waals surface area contributed by atoms with Crippen molar-refractivity contribution >= 4 is 56.8 Å². The van der Waals surface area contributed by atoms with Crippen LogP contribution in [0.25, 0.3) is 0 Å². The minimum atomic E-state index is -1.52. The van der Waals surface area contributed by atoms with E-state index in [2.05, 4.69) is 15.9 Å². The van der Waals surface area contributed by atoms with Gasteiger partial charge in [0.15, 0.2) is 11.5 Å². The van der Waals surface area contributed by atoms with Gasteiger partial charge in [-0.3, -0.25) is 24.1 Å². The summed E-state index contributed by atoms with van der Waals surface area (Å²) in [6.45, 7) is 0.151. The molecule has 0 radical (unpaired) electrons. The molecule has 0 spiro atoms. The molecule has 0 bridgehead atoms. The molecule has 6 atom stereocenters. The van der Waals surface area contributed by atoms with Gasteiger partial charge in [-0.25, -0.2) is 4.90 Å². The number of phenolic OH excluding ortho intramolecular Hbond substituents is 1. The van der Waals surface area contributed by atoms with Crippen LogP contribution in [0.1, 0.15) is 35.4 Å². The van der Waals surface area contributed by atoms with E-state index in [4.69, 9.17) is 16.3 Å². The molecule has 1 saturated carbocycles. The number of hydrogen-bond acceptors (Lipinski definition) is 6. The lowest BCUT2D eigenvalue weighted by Gasteiger charge is -2.50. The Bertz CT molecular complexity index is 2110. The number of fused-ring (bicyclic) bond motifs is 4. The Morgan fingerprint density at radius 1 is 0.880 bits per heavy atom. The standard InChI is InChI=1S/C40H32BrClN2O6/c1-50-32-18-24(41)17-30(35(32)45)34-27-15-16-28-33(38(48)43(36(28)46)21-22-9-4-2-5-10-22)29(27)20-31-37(47)44(26-14-8-13-25(42)19-26)39(49)40(31,34)23-11-6-3-7-12-23/h2-15,17-19,28-29,31,33-34,45H,16,20-21H2,1H3/t28-,29+,31-,33-,34+,40+/m0/s1. The number of nitrogens with zero attached hydrogens (tertiary/aromatic N) is 2. The van der Waals surface area contributed by atoms with Crippen molar-refractivity contribution < 1.29 is 29.0 Å². The summed E-state index contributed by atoms with van der Waals surface area (Å²) in [5.41, 5.74) is 1.39. The number of methoxy groups -OCH3 is 1. The third-order valence-electron chi connectivity index (χ3n) is 11.0. The summed E-state index contributed by atoms with van der Waals surface area (Å²) >= 11 is 9.98. The molecule has 8 rings (SSSR count). The van der Waals surface area contributed by atoms with E-state index < -0.39 is 46.8 Å². The van der Waals surface area contributed by atoms with Crippen LogP contribution in [0.15, 0.2) is 113 Å². The highest BCUT2D eigenvalue weighted by Crippen LogP contribution is 2.65. The number of halogens is 2. The minimum absolute atomic E-state index is 0.151. The second kappa shape index (κ2) is 12.2. The molecule has 4 amide bonds. The number of rotatable bonds is 6. The number of ether oxygens (including phenoxy) is 1. The number of hydrogen-bond donors (Lipinski definition) is 1. The summed E-state index contributed by atoms with van der Waals surface area (Å²) in [5, 5.41) is 12.2. The van der Waals surface area contributed by atoms with Gasteiger partial charge in [0, 0.05) is 21.0 Å². The Labute approximate surface area is 302 Å². The zero-order valence-corrected chi connectivity index (χ0v) is 29.3. The monoisotopic (exact) mass is 750 g/mol. The molecule has 1 N–H and O–H groups in total. The fourth-order valence-electron chi connectivity index (χ4n) is 9.05. The molecule has 4 aromatic carbocycles. The van der Waals surface area contributed by atoms with Crippen LogP contribution < -0.4 is 9.64 Å². The first kappa shape index (κ1) is 32.5. The smallest absolute Gasteiger partial charge is 0.246 e. The SMILES string of the molecule is COc1cc(Br)cc([C@H]2C3=CC[C@@H]4C(=O)N(Cc5ccccc5)C(=O)[C@@H]4[C@@H]3C[C@H]3C(=O)N(c4cccc(Cl)c4)C(=O)[C@@]23c2ccccc2)c1O. The van der Waals surface area contributed by atoms with Gasteiger partial charge in [0.25, 0.3) is 0 Å². The van der Waals surface area contributed by atoms with Gasteiger partial charge < -0.3 is 9.84 Å². The molecule has 4 aliphatic rings. The van der Waals surface area contributed by atoms with Crippen molar-refractivity contribution in [2.24, 2.45) is 23.7 Å². The maximum atomic E-state index is 15.4. The normalized spacial score (nSPS) is 27.2. The second-order valence-corrected chi connectivity index (χ2v) is 14.7. The number of anilines is 1. The van der Waals surface area contributed by atoms with Gasteiger partial charge in [-0.05, 0) is 60.2 Å². The number of likely N-dealkylation sites (tertiary alicyclic amines) is 1. The number of imide groups is 2. The van der Waals surface area contributed by atoms with Gasteiger partial charge in [0.05, 0.1) is 42.5 Å². The number of carbonyl (C=O) groups excluding carboxylic acids is 4. The second-order valence-electron chi connectivity index (χ2n) is 13.4. The summed E-state index contributed by atoms with van der Waals surface area (Å²) < 4.78 is 6.18. The van der Waals surface area contributed by atoms with Crippen molar-refractivity contribution in [3.05, 3.63) is 135 Å². The van der Waals surface area contributed by atoms with E-state index in [0.717, 1.165) is 11.1 Å². The molecule has 2 heterocycles. The highest BCUT2D eigenvalue weighted by molar-refractivity contribution is 9.10. The van der Waals surface area contributed by atoms with Gasteiger partial charge in [0.1, 0.15) is 0 Å². The average Bonchev–Trinajstić information content (AvgIpc) is 3.50. The Hall–Kier alpha value is -4.73. The van der Waals surface area contributed by atoms with Crippen LogP contribution in [-0.2, 0) is 31.1 Å². The Morgan fingerprint density at radius 3 is 2.30 bits per heavy atom. The zero-order valence-electron chi connectivity index (χ0n) is 27.0. The first-order valence-electron chi connectivity index (χ1n) is 16.5. The fraction of sp³-hybridized carbons (Fsp3) is 0.250. The van der Waals surface area contributed by atoms with Crippen molar-refractivity contribution in [1.29, 1.82) is 0 Å². The molecule has 0 unspecified atom stereocenters. The molecule has 4 aromatic rings. The van der Waals surface area contributed by atoms with E-state index in [-0.39, 0.29) is 42.7 Å². The molecule has 3 fully saturated rings. The third-order valence-corrected chi connectivity index (χ3v) is 11.7. The fourth-order valence-corrected chi connectivity index (χ4v) is 9.68. The molecule has 50 heavy (non-hydrogen) atoms. The lowest BCUT2D eigenvalue weighted by molar-refractivity contribution is -0.141. The van der Waals surface area contributed by atoms with Crippen LogP contribution in [0.3, 0.4) is 0 Å². The largest absolute Gasteiger partial charge is 0.504 e. The van der Waals surface area contributed by atoms with Crippen LogP contribution >= 0.6 is 27.5 Å². The lowest BCUT2D eigenvalue weighted by Crippen LogP contribution is -2.53. The van der Waals surface area contributed by atoms with E-state index in [1.165, 1.54) is 16.9 Å². The van der Waals surface area contributed by atoms with Gasteiger partial charge in [-0.15, -0.1) is 0 Å². The molecule has 2 aliphatic carbocycles. The van der Waals surface area contributed by atoms with Crippen molar-refractivity contribution in [3.63, 3.8) is 0 Å². The van der Waals surface area contributed by atoms with E-state index in [1.54, 1.807) is 36.4 Å². The van der Waals surface area contributed by atoms with Crippen LogP contribution in [0, 0.1) is 23.7 Å². The summed E-state index contributed by atoms with van der Waals surface area (Å²) in [4.78, 5) is 61.2. The van der Waals surface area contributed by atoms with Crippen molar-refractivity contribution in [2.75, 3.05) is 12.0 Å². The molecule has 10 heteroatoms. The van der Waals surface area contributed by atoms with Crippen molar-refractivity contribution in [3.8, 4) is 11.5 Å². The molecule has 8 nitrogen and oxygen atoms in total. The predicted molar refractivity (Wildman–Crippen MR) is 190 cm³/mol. The first-order chi connectivity index (χ1) is 24.2. The number of benzene rings is 4. The number of allylic oxidation sites excluding steroid dienone is 2. The van der Waals surface area contributed by atoms with Crippen LogP contribution in [0.2, 0.25) is 5.02 Å². The molecular weight excluding hydrogens is 720 g/mol. The topological polar surface area (TPSA) is 104 Å². The highest BCUT2D eigenvalue weighted by Gasteiger charge is 2.70. The maximum absolute atomic E-state index is 15.4. The molecule has 252 valence electrons. The van der Waals surface area contributed by atoms with E-state index in [1.807, 2.05) is 66.7 Å². The number of aromatic hydroxyl groups is 1. The van der Waals surface area contributed by atoms with Crippen molar-refractivity contribution in [2.45, 2.75) is 30.7 Å². The Morgan fingerprint density at radius 2 is 1.60 bits per heavy atom. The zero-order chi connectivity index (χ0) is 34.9. The summed E-state index contributed by atoms with van der Waals surface area (Å²) in [6, 6.07) is 28.6. The molecule has 2 aliphatic heterocycles. The lowest BCUT2D eigenvalue weighted by atomic mass is 9.49. The van der Waals surface area contributed by atoms with Gasteiger partial charge in [0.2, 0.25) is 23.6 Å². The summed E-state index contributed by atoms with van der Waals surface area (Å²) in [5.74, 6) is -5.12.